The van der Waals surface area contributed by atoms with Crippen LogP contribution in [0.3, 0.4) is 0 Å². The SMILES string of the molecule is CC(OC(=O)C(C)C)OC(C(=O)OC1CC2CCC(C1)[N+]21CCCC1)(c1ccccc1)c1ccccc1. The molecular weight excluding hydrogens is 466 g/mol. The number of benzene rings is 2. The molecule has 1 spiro atoms. The second kappa shape index (κ2) is 10.6. The van der Waals surface area contributed by atoms with Gasteiger partial charge in [0.25, 0.3) is 0 Å². The van der Waals surface area contributed by atoms with Crippen molar-refractivity contribution in [1.82, 2.24) is 0 Å². The van der Waals surface area contributed by atoms with Crippen LogP contribution in [-0.4, -0.2) is 54.0 Å². The van der Waals surface area contributed by atoms with E-state index in [1.54, 1.807) is 20.8 Å². The van der Waals surface area contributed by atoms with Gasteiger partial charge in [-0.05, 0) is 18.1 Å². The molecule has 5 rings (SSSR count). The summed E-state index contributed by atoms with van der Waals surface area (Å²) in [5, 5.41) is 0. The predicted octanol–water partition coefficient (Wildman–Crippen LogP) is 5.34. The first-order chi connectivity index (χ1) is 17.8. The van der Waals surface area contributed by atoms with E-state index in [0.29, 0.717) is 23.2 Å². The third kappa shape index (κ3) is 4.82. The molecule has 0 N–H and O–H groups in total. The van der Waals surface area contributed by atoms with Crippen LogP contribution in [0.4, 0.5) is 0 Å². The Morgan fingerprint density at radius 1 is 0.838 bits per heavy atom. The van der Waals surface area contributed by atoms with Crippen LogP contribution in [0.25, 0.3) is 0 Å². The van der Waals surface area contributed by atoms with Crippen molar-refractivity contribution in [2.75, 3.05) is 13.1 Å². The fourth-order valence-electron chi connectivity index (χ4n) is 7.05. The summed E-state index contributed by atoms with van der Waals surface area (Å²) in [7, 11) is 0. The minimum Gasteiger partial charge on any atom is -0.459 e. The molecule has 2 aromatic rings. The molecule has 0 radical (unpaired) electrons. The summed E-state index contributed by atoms with van der Waals surface area (Å²) in [6.45, 7) is 7.76. The van der Waals surface area contributed by atoms with Gasteiger partial charge in [0.1, 0.15) is 6.10 Å². The zero-order chi connectivity index (χ0) is 26.0. The highest BCUT2D eigenvalue weighted by atomic mass is 16.7. The number of piperidine rings is 1. The summed E-state index contributed by atoms with van der Waals surface area (Å²) in [5.74, 6) is -1.13. The molecule has 0 amide bonds. The lowest BCUT2D eigenvalue weighted by Gasteiger charge is -2.47. The van der Waals surface area contributed by atoms with Crippen LogP contribution in [0.15, 0.2) is 60.7 Å². The summed E-state index contributed by atoms with van der Waals surface area (Å²) in [5.41, 5.74) is -0.253. The van der Waals surface area contributed by atoms with Crippen LogP contribution >= 0.6 is 0 Å². The Bertz CT molecular complexity index is 1020. The first kappa shape index (κ1) is 25.9. The van der Waals surface area contributed by atoms with Crippen molar-refractivity contribution >= 4 is 11.9 Å². The maximum Gasteiger partial charge on any atom is 0.348 e. The fraction of sp³-hybridized carbons (Fsp3) is 0.548. The van der Waals surface area contributed by atoms with Gasteiger partial charge in [0, 0.05) is 38.5 Å². The molecule has 3 fully saturated rings. The third-order valence-electron chi connectivity index (χ3n) is 8.77. The Morgan fingerprint density at radius 3 is 1.84 bits per heavy atom. The molecular formula is C31H40NO5+. The number of esters is 2. The second-order valence-corrected chi connectivity index (χ2v) is 11.3. The topological polar surface area (TPSA) is 61.8 Å². The van der Waals surface area contributed by atoms with Crippen LogP contribution in [0.1, 0.15) is 70.4 Å². The third-order valence-corrected chi connectivity index (χ3v) is 8.77. The van der Waals surface area contributed by atoms with Gasteiger partial charge in [0.05, 0.1) is 31.1 Å². The van der Waals surface area contributed by atoms with Gasteiger partial charge in [0.2, 0.25) is 11.9 Å². The van der Waals surface area contributed by atoms with Gasteiger partial charge in [-0.1, -0.05) is 74.5 Å². The summed E-state index contributed by atoms with van der Waals surface area (Å²) in [4.78, 5) is 26.7. The minimum absolute atomic E-state index is 0.140. The lowest BCUT2D eigenvalue weighted by molar-refractivity contribution is -0.956. The van der Waals surface area contributed by atoms with Gasteiger partial charge in [-0.2, -0.15) is 0 Å². The zero-order valence-electron chi connectivity index (χ0n) is 22.3. The molecule has 2 aromatic carbocycles. The maximum atomic E-state index is 14.3. The quantitative estimate of drug-likeness (QED) is 0.275. The van der Waals surface area contributed by atoms with E-state index in [0.717, 1.165) is 12.8 Å². The Hall–Kier alpha value is -2.70. The van der Waals surface area contributed by atoms with Crippen LogP contribution in [0.5, 0.6) is 0 Å². The summed E-state index contributed by atoms with van der Waals surface area (Å²) >= 11 is 0. The van der Waals surface area contributed by atoms with Crippen molar-refractivity contribution < 1.29 is 28.3 Å². The van der Waals surface area contributed by atoms with Gasteiger partial charge in [0.15, 0.2) is 0 Å². The van der Waals surface area contributed by atoms with Crippen molar-refractivity contribution in [3.63, 3.8) is 0 Å². The fourth-order valence-corrected chi connectivity index (χ4v) is 7.05. The van der Waals surface area contributed by atoms with E-state index in [4.69, 9.17) is 14.2 Å². The molecule has 0 saturated carbocycles. The van der Waals surface area contributed by atoms with Gasteiger partial charge < -0.3 is 18.7 Å². The average molecular weight is 507 g/mol. The van der Waals surface area contributed by atoms with Gasteiger partial charge in [-0.3, -0.25) is 4.79 Å². The van der Waals surface area contributed by atoms with E-state index in [2.05, 4.69) is 0 Å². The maximum absolute atomic E-state index is 14.3. The predicted molar refractivity (Wildman–Crippen MR) is 140 cm³/mol. The van der Waals surface area contributed by atoms with Crippen molar-refractivity contribution in [3.05, 3.63) is 71.8 Å². The van der Waals surface area contributed by atoms with E-state index in [1.807, 2.05) is 60.7 Å². The molecule has 2 bridgehead atoms. The van der Waals surface area contributed by atoms with Crippen molar-refractivity contribution in [1.29, 1.82) is 0 Å². The summed E-state index contributed by atoms with van der Waals surface area (Å²) in [6, 6.07) is 20.0. The molecule has 3 aliphatic rings. The largest absolute Gasteiger partial charge is 0.459 e. The number of quaternary nitrogens is 1. The highest BCUT2D eigenvalue weighted by Gasteiger charge is 2.57. The lowest BCUT2D eigenvalue weighted by Crippen LogP contribution is -2.60. The van der Waals surface area contributed by atoms with Gasteiger partial charge in [-0.25, -0.2) is 4.79 Å². The molecule has 0 aliphatic carbocycles. The Balaban J connectivity index is 1.47. The van der Waals surface area contributed by atoms with Gasteiger partial charge >= 0.3 is 11.9 Å². The number of hydrogen-bond donors (Lipinski definition) is 0. The van der Waals surface area contributed by atoms with Gasteiger partial charge in [-0.15, -0.1) is 0 Å². The Kier molecular flexibility index (Phi) is 7.42. The van der Waals surface area contributed by atoms with E-state index < -0.39 is 17.9 Å². The normalized spacial score (nSPS) is 25.2. The van der Waals surface area contributed by atoms with Crippen molar-refractivity contribution in [2.45, 2.75) is 89.4 Å². The molecule has 3 unspecified atom stereocenters. The number of nitrogens with zero attached hydrogens (tertiary/aromatic N) is 1. The molecule has 0 aromatic heterocycles. The summed E-state index contributed by atoms with van der Waals surface area (Å²) in [6.07, 6.45) is 5.77. The van der Waals surface area contributed by atoms with Crippen LogP contribution < -0.4 is 0 Å². The molecule has 3 aliphatic heterocycles. The van der Waals surface area contributed by atoms with Crippen molar-refractivity contribution in [3.8, 4) is 0 Å². The van der Waals surface area contributed by atoms with Crippen LogP contribution in [-0.2, 0) is 29.4 Å². The second-order valence-electron chi connectivity index (χ2n) is 11.3. The van der Waals surface area contributed by atoms with Crippen LogP contribution in [0, 0.1) is 5.92 Å². The standard InChI is InChI=1S/C31H40NO5/c1-22(2)29(33)35-23(3)37-31(24-12-6-4-7-13-24,25-14-8-5-9-15-25)30(34)36-28-20-26-16-17-27(21-28)32(26)18-10-11-19-32/h4-9,12-15,22-23,26-28H,10-11,16-21H2,1-3H3/q+1. The smallest absolute Gasteiger partial charge is 0.348 e. The molecule has 198 valence electrons. The van der Waals surface area contributed by atoms with E-state index in [9.17, 15) is 9.59 Å². The van der Waals surface area contributed by atoms with Crippen molar-refractivity contribution in [2.24, 2.45) is 5.92 Å². The Morgan fingerprint density at radius 2 is 1.35 bits per heavy atom. The van der Waals surface area contributed by atoms with E-state index in [1.165, 1.54) is 43.3 Å². The molecule has 6 nitrogen and oxygen atoms in total. The zero-order valence-corrected chi connectivity index (χ0v) is 22.3. The van der Waals surface area contributed by atoms with E-state index in [-0.39, 0.29) is 18.0 Å². The van der Waals surface area contributed by atoms with Crippen LogP contribution in [0.2, 0.25) is 0 Å². The highest BCUT2D eigenvalue weighted by molar-refractivity contribution is 5.86. The first-order valence-corrected chi connectivity index (χ1v) is 13.9. The monoisotopic (exact) mass is 506 g/mol. The highest BCUT2D eigenvalue weighted by Crippen LogP contribution is 2.47. The number of carbonyl (C=O) groups excluding carboxylic acids is 2. The number of rotatable bonds is 8. The molecule has 37 heavy (non-hydrogen) atoms. The first-order valence-electron chi connectivity index (χ1n) is 13.9. The average Bonchev–Trinajstić information content (AvgIpc) is 3.44. The lowest BCUT2D eigenvalue weighted by atomic mass is 9.85. The Labute approximate surface area is 220 Å². The number of hydrogen-bond acceptors (Lipinski definition) is 5. The number of ether oxygens (including phenoxy) is 3. The molecule has 6 heteroatoms. The molecule has 3 heterocycles. The molecule has 3 atom stereocenters. The molecule has 3 saturated heterocycles. The number of carbonyl (C=O) groups is 2. The van der Waals surface area contributed by atoms with E-state index >= 15 is 0 Å². The minimum atomic E-state index is -1.56. The summed E-state index contributed by atoms with van der Waals surface area (Å²) < 4.78 is 19.7.